The lowest BCUT2D eigenvalue weighted by Gasteiger charge is -2.04. The maximum absolute atomic E-state index is 12.2. The van der Waals surface area contributed by atoms with Gasteiger partial charge in [-0.2, -0.15) is 5.10 Å². The van der Waals surface area contributed by atoms with Crippen molar-refractivity contribution in [3.8, 4) is 0 Å². The number of benzene rings is 1. The number of hydrogen-bond acceptors (Lipinski definition) is 5. The summed E-state index contributed by atoms with van der Waals surface area (Å²) in [5.41, 5.74) is 1.29. The fourth-order valence-electron chi connectivity index (χ4n) is 1.85. The number of carboxylic acid groups (broad SMARTS) is 1. The lowest BCUT2D eigenvalue weighted by atomic mass is 10.1. The Balaban J connectivity index is 1.91. The highest BCUT2D eigenvalue weighted by molar-refractivity contribution is 6.11. The molecule has 0 aliphatic rings. The summed E-state index contributed by atoms with van der Waals surface area (Å²) < 4.78 is 0. The zero-order valence-electron chi connectivity index (χ0n) is 10.6. The Labute approximate surface area is 117 Å². The van der Waals surface area contributed by atoms with Gasteiger partial charge in [0.05, 0.1) is 11.1 Å². The predicted molar refractivity (Wildman–Crippen MR) is 73.0 cm³/mol. The van der Waals surface area contributed by atoms with Gasteiger partial charge in [-0.1, -0.05) is 6.07 Å². The van der Waals surface area contributed by atoms with Crippen molar-refractivity contribution in [2.75, 3.05) is 5.32 Å². The van der Waals surface area contributed by atoms with E-state index in [1.807, 2.05) is 0 Å². The average Bonchev–Trinajstić information content (AvgIpc) is 2.95. The molecule has 2 aromatic heterocycles. The molecule has 0 spiro atoms. The van der Waals surface area contributed by atoms with Crippen LogP contribution in [-0.2, 0) is 0 Å². The minimum absolute atomic E-state index is 0.108. The molecule has 3 rings (SSSR count). The topological polar surface area (TPSA) is 121 Å². The molecule has 0 fully saturated rings. The van der Waals surface area contributed by atoms with E-state index in [4.69, 9.17) is 5.11 Å². The number of rotatable bonds is 3. The molecule has 8 nitrogen and oxygen atoms in total. The van der Waals surface area contributed by atoms with Crippen LogP contribution >= 0.6 is 0 Å². The Morgan fingerprint density at radius 2 is 2.00 bits per heavy atom. The summed E-state index contributed by atoms with van der Waals surface area (Å²) in [5, 5.41) is 17.3. The summed E-state index contributed by atoms with van der Waals surface area (Å²) in [4.78, 5) is 31.2. The van der Waals surface area contributed by atoms with Crippen LogP contribution in [0.3, 0.4) is 0 Å². The highest BCUT2D eigenvalue weighted by Crippen LogP contribution is 2.15. The number of para-hydroxylation sites is 1. The van der Waals surface area contributed by atoms with Gasteiger partial charge in [0.2, 0.25) is 0 Å². The number of anilines is 1. The summed E-state index contributed by atoms with van der Waals surface area (Å²) in [6, 6.07) is 6.28. The van der Waals surface area contributed by atoms with E-state index >= 15 is 0 Å². The van der Waals surface area contributed by atoms with E-state index in [9.17, 15) is 9.59 Å². The number of fused-ring (bicyclic) bond motifs is 1. The molecule has 104 valence electrons. The minimum atomic E-state index is -1.15. The molecule has 0 aliphatic carbocycles. The maximum atomic E-state index is 12.2. The van der Waals surface area contributed by atoms with Gasteiger partial charge in [0.25, 0.3) is 5.91 Å². The molecule has 3 aromatic rings. The summed E-state index contributed by atoms with van der Waals surface area (Å²) in [5.74, 6) is -1.47. The number of nitrogens with one attached hydrogen (secondary N) is 2. The van der Waals surface area contributed by atoms with E-state index in [0.29, 0.717) is 16.6 Å². The molecule has 8 heteroatoms. The van der Waals surface area contributed by atoms with Crippen LogP contribution in [0.5, 0.6) is 0 Å². The number of hydrogen-bond donors (Lipinski definition) is 3. The van der Waals surface area contributed by atoms with E-state index in [2.05, 4.69) is 25.5 Å². The van der Waals surface area contributed by atoms with Crippen LogP contribution in [0.1, 0.15) is 20.8 Å². The zero-order chi connectivity index (χ0) is 14.8. The van der Waals surface area contributed by atoms with Gasteiger partial charge in [-0.3, -0.25) is 19.9 Å². The second kappa shape index (κ2) is 5.00. The Kier molecular flexibility index (Phi) is 3.03. The van der Waals surface area contributed by atoms with Gasteiger partial charge in [-0.15, -0.1) is 0 Å². The quantitative estimate of drug-likeness (QED) is 0.666. The van der Waals surface area contributed by atoms with Crippen molar-refractivity contribution in [2.24, 2.45) is 0 Å². The molecule has 0 radical (unpaired) electrons. The standard InChI is InChI=1S/C13H9N5O3/c19-12(16-10-6-9(13(20)21)17-18-10)7-2-1-3-8-11(7)15-5-4-14-8/h1-6H,(H,20,21)(H2,16,17,18,19). The maximum Gasteiger partial charge on any atom is 0.353 e. The third-order valence-corrected chi connectivity index (χ3v) is 2.79. The number of carbonyl (C=O) groups is 2. The van der Waals surface area contributed by atoms with Crippen LogP contribution in [0.25, 0.3) is 11.0 Å². The number of aromatic amines is 1. The fourth-order valence-corrected chi connectivity index (χ4v) is 1.85. The number of aromatic carboxylic acids is 1. The molecule has 0 saturated carbocycles. The van der Waals surface area contributed by atoms with Crippen molar-refractivity contribution in [2.45, 2.75) is 0 Å². The van der Waals surface area contributed by atoms with Gasteiger partial charge < -0.3 is 10.4 Å². The molecule has 0 saturated heterocycles. The van der Waals surface area contributed by atoms with Gasteiger partial charge in [-0.25, -0.2) is 4.79 Å². The molecule has 21 heavy (non-hydrogen) atoms. The number of amides is 1. The molecule has 1 aromatic carbocycles. The average molecular weight is 283 g/mol. The summed E-state index contributed by atoms with van der Waals surface area (Å²) in [6.07, 6.45) is 3.03. The molecule has 0 aliphatic heterocycles. The van der Waals surface area contributed by atoms with Crippen molar-refractivity contribution in [3.63, 3.8) is 0 Å². The van der Waals surface area contributed by atoms with Crippen LogP contribution in [0.4, 0.5) is 5.82 Å². The zero-order valence-corrected chi connectivity index (χ0v) is 10.6. The van der Waals surface area contributed by atoms with E-state index in [0.717, 1.165) is 0 Å². The van der Waals surface area contributed by atoms with Crippen molar-refractivity contribution in [1.82, 2.24) is 20.2 Å². The third kappa shape index (κ3) is 2.41. The van der Waals surface area contributed by atoms with E-state index < -0.39 is 11.9 Å². The second-order valence-electron chi connectivity index (χ2n) is 4.16. The highest BCUT2D eigenvalue weighted by Gasteiger charge is 2.14. The van der Waals surface area contributed by atoms with Crippen LogP contribution in [0.15, 0.2) is 36.7 Å². The van der Waals surface area contributed by atoms with Crippen molar-refractivity contribution >= 4 is 28.7 Å². The lowest BCUT2D eigenvalue weighted by Crippen LogP contribution is -2.13. The first-order valence-electron chi connectivity index (χ1n) is 5.95. The molecular formula is C13H9N5O3. The van der Waals surface area contributed by atoms with Gasteiger partial charge in [0.1, 0.15) is 11.2 Å². The second-order valence-corrected chi connectivity index (χ2v) is 4.16. The Bertz CT molecular complexity index is 837. The molecule has 2 heterocycles. The number of nitrogens with zero attached hydrogens (tertiary/aromatic N) is 3. The monoisotopic (exact) mass is 283 g/mol. The Hall–Kier alpha value is -3.29. The molecule has 0 atom stereocenters. The summed E-state index contributed by atoms with van der Waals surface area (Å²) in [7, 11) is 0. The van der Waals surface area contributed by atoms with Crippen molar-refractivity contribution in [1.29, 1.82) is 0 Å². The van der Waals surface area contributed by atoms with Crippen LogP contribution in [-0.4, -0.2) is 37.1 Å². The van der Waals surface area contributed by atoms with E-state index in [1.54, 1.807) is 18.2 Å². The molecule has 1 amide bonds. The molecule has 3 N–H and O–H groups in total. The molecule has 0 unspecified atom stereocenters. The SMILES string of the molecule is O=C(O)c1cc(NC(=O)c2cccc3nccnc23)n[nH]1. The third-order valence-electron chi connectivity index (χ3n) is 2.79. The number of carbonyl (C=O) groups excluding carboxylic acids is 1. The van der Waals surface area contributed by atoms with Gasteiger partial charge in [-0.05, 0) is 12.1 Å². The Morgan fingerprint density at radius 3 is 2.76 bits per heavy atom. The molecule has 0 bridgehead atoms. The number of H-pyrrole nitrogens is 1. The largest absolute Gasteiger partial charge is 0.477 e. The van der Waals surface area contributed by atoms with E-state index in [1.165, 1.54) is 18.5 Å². The summed E-state index contributed by atoms with van der Waals surface area (Å²) in [6.45, 7) is 0. The first-order valence-corrected chi connectivity index (χ1v) is 5.95. The summed E-state index contributed by atoms with van der Waals surface area (Å²) >= 11 is 0. The smallest absolute Gasteiger partial charge is 0.353 e. The van der Waals surface area contributed by atoms with Gasteiger partial charge in [0, 0.05) is 18.5 Å². The lowest BCUT2D eigenvalue weighted by molar-refractivity contribution is 0.0690. The minimum Gasteiger partial charge on any atom is -0.477 e. The fraction of sp³-hybridized carbons (Fsp3) is 0. The van der Waals surface area contributed by atoms with Crippen LogP contribution < -0.4 is 5.32 Å². The van der Waals surface area contributed by atoms with Crippen molar-refractivity contribution < 1.29 is 14.7 Å². The van der Waals surface area contributed by atoms with Crippen LogP contribution in [0, 0.1) is 0 Å². The van der Waals surface area contributed by atoms with Gasteiger partial charge >= 0.3 is 5.97 Å². The number of carboxylic acids is 1. The van der Waals surface area contributed by atoms with Gasteiger partial charge in [0.15, 0.2) is 5.82 Å². The predicted octanol–water partition coefficient (Wildman–Crippen LogP) is 1.30. The number of aromatic nitrogens is 4. The van der Waals surface area contributed by atoms with Crippen molar-refractivity contribution in [3.05, 3.63) is 47.9 Å². The Morgan fingerprint density at radius 1 is 1.19 bits per heavy atom. The normalized spacial score (nSPS) is 10.5. The first-order chi connectivity index (χ1) is 10.1. The van der Waals surface area contributed by atoms with E-state index in [-0.39, 0.29) is 11.5 Å². The highest BCUT2D eigenvalue weighted by atomic mass is 16.4. The first kappa shape index (κ1) is 12.7. The molecular weight excluding hydrogens is 274 g/mol. The van der Waals surface area contributed by atoms with Crippen LogP contribution in [0.2, 0.25) is 0 Å².